The van der Waals surface area contributed by atoms with Crippen molar-refractivity contribution >= 4 is 57.3 Å². The maximum Gasteiger partial charge on any atom is 0.234 e. The molecule has 4 rings (SSSR count). The van der Waals surface area contributed by atoms with Crippen molar-refractivity contribution in [3.8, 4) is 0 Å². The number of nitrogens with one attached hydrogen (secondary N) is 1. The van der Waals surface area contributed by atoms with Crippen molar-refractivity contribution in [3.05, 3.63) is 82.1 Å². The summed E-state index contributed by atoms with van der Waals surface area (Å²) in [6.07, 6.45) is 0.540. The summed E-state index contributed by atoms with van der Waals surface area (Å²) in [5.41, 5.74) is 1.64. The maximum absolute atomic E-state index is 12.2. The summed E-state index contributed by atoms with van der Waals surface area (Å²) in [7, 11) is 0. The van der Waals surface area contributed by atoms with Gasteiger partial charge in [0.15, 0.2) is 5.82 Å². The molecule has 9 heteroatoms. The average molecular weight is 458 g/mol. The van der Waals surface area contributed by atoms with Gasteiger partial charge in [0, 0.05) is 22.2 Å². The molecule has 0 unspecified atom stereocenters. The Hall–Kier alpha value is -2.74. The summed E-state index contributed by atoms with van der Waals surface area (Å²) >= 11 is 13.1. The lowest BCUT2D eigenvalue weighted by Gasteiger charge is -2.08. The molecule has 0 saturated heterocycles. The third-order valence-corrected chi connectivity index (χ3v) is 5.82. The molecule has 1 aromatic heterocycles. The molecule has 152 valence electrons. The molecule has 1 amide bonds. The summed E-state index contributed by atoms with van der Waals surface area (Å²) < 4.78 is 1.43. The number of hydrogen-bond donors (Lipinski definition) is 2. The van der Waals surface area contributed by atoms with Crippen molar-refractivity contribution in [1.29, 1.82) is 0 Å². The number of thioether (sulfide) groups is 1. The second-order valence-corrected chi connectivity index (χ2v) is 8.39. The Bertz CT molecular complexity index is 1200. The molecule has 0 bridgehead atoms. The molecule has 0 aliphatic rings. The van der Waals surface area contributed by atoms with Gasteiger partial charge in [-0.2, -0.15) is 0 Å². The number of fused-ring (bicyclic) bond motifs is 1. The van der Waals surface area contributed by atoms with E-state index in [1.807, 2.05) is 24.3 Å². The number of nitrogen functional groups attached to an aromatic ring is 1. The lowest BCUT2D eigenvalue weighted by atomic mass is 10.0. The van der Waals surface area contributed by atoms with E-state index in [4.69, 9.17) is 29.0 Å². The van der Waals surface area contributed by atoms with Crippen molar-refractivity contribution in [2.24, 2.45) is 0 Å². The highest BCUT2D eigenvalue weighted by Gasteiger charge is 2.14. The fraction of sp³-hybridized carbons (Fsp3) is 0.0952. The summed E-state index contributed by atoms with van der Waals surface area (Å²) in [6.45, 7) is 0. The Balaban J connectivity index is 1.42. The molecule has 3 aromatic carbocycles. The van der Waals surface area contributed by atoms with Crippen LogP contribution in [-0.2, 0) is 11.2 Å². The van der Waals surface area contributed by atoms with E-state index < -0.39 is 0 Å². The predicted octanol–water partition coefficient (Wildman–Crippen LogP) is 4.77. The van der Waals surface area contributed by atoms with Gasteiger partial charge in [0.25, 0.3) is 0 Å². The number of nitrogens with two attached hydrogens (primary N) is 1. The lowest BCUT2D eigenvalue weighted by Crippen LogP contribution is -2.17. The van der Waals surface area contributed by atoms with E-state index in [0.29, 0.717) is 33.1 Å². The Labute approximate surface area is 187 Å². The normalized spacial score (nSPS) is 11.0. The molecule has 1 heterocycles. The molecule has 0 aliphatic carbocycles. The molecule has 3 N–H and O–H groups in total. The van der Waals surface area contributed by atoms with Crippen molar-refractivity contribution in [3.63, 3.8) is 0 Å². The molecule has 30 heavy (non-hydrogen) atoms. The topological polar surface area (TPSA) is 85.8 Å². The molecule has 0 fully saturated rings. The van der Waals surface area contributed by atoms with Gasteiger partial charge in [0.2, 0.25) is 11.1 Å². The zero-order chi connectivity index (χ0) is 21.1. The first-order valence-corrected chi connectivity index (χ1v) is 10.8. The molecule has 4 aromatic rings. The Kier molecular flexibility index (Phi) is 6.13. The quantitative estimate of drug-likeness (QED) is 0.321. The van der Waals surface area contributed by atoms with Crippen LogP contribution in [0.3, 0.4) is 0 Å². The number of carbonyl (C=O) groups excluding carboxylic acids is 1. The first-order valence-electron chi connectivity index (χ1n) is 9.04. The highest BCUT2D eigenvalue weighted by Crippen LogP contribution is 2.24. The van der Waals surface area contributed by atoms with E-state index in [0.717, 1.165) is 16.3 Å². The molecule has 0 spiro atoms. The Morgan fingerprint density at radius 3 is 2.57 bits per heavy atom. The number of carbonyl (C=O) groups is 1. The van der Waals surface area contributed by atoms with Gasteiger partial charge in [-0.15, -0.1) is 10.2 Å². The van der Waals surface area contributed by atoms with Crippen LogP contribution in [-0.4, -0.2) is 26.5 Å². The van der Waals surface area contributed by atoms with Gasteiger partial charge < -0.3 is 11.2 Å². The summed E-state index contributed by atoms with van der Waals surface area (Å²) in [4.78, 5) is 12.2. The van der Waals surface area contributed by atoms with Crippen molar-refractivity contribution in [2.75, 3.05) is 16.9 Å². The minimum atomic E-state index is -0.225. The molecule has 0 atom stereocenters. The van der Waals surface area contributed by atoms with Gasteiger partial charge in [-0.25, -0.2) is 4.68 Å². The predicted molar refractivity (Wildman–Crippen MR) is 123 cm³/mol. The van der Waals surface area contributed by atoms with Crippen LogP contribution in [0.1, 0.15) is 11.4 Å². The van der Waals surface area contributed by atoms with Crippen LogP contribution in [0, 0.1) is 0 Å². The van der Waals surface area contributed by atoms with Crippen molar-refractivity contribution in [2.45, 2.75) is 11.6 Å². The second-order valence-electron chi connectivity index (χ2n) is 6.58. The van der Waals surface area contributed by atoms with Crippen molar-refractivity contribution in [1.82, 2.24) is 14.9 Å². The van der Waals surface area contributed by atoms with E-state index >= 15 is 0 Å². The number of rotatable bonds is 6. The van der Waals surface area contributed by atoms with E-state index in [9.17, 15) is 4.79 Å². The number of nitrogens with zero attached hydrogens (tertiary/aromatic N) is 3. The highest BCUT2D eigenvalue weighted by molar-refractivity contribution is 7.99. The minimum Gasteiger partial charge on any atom is -0.336 e. The van der Waals surface area contributed by atoms with E-state index in [2.05, 4.69) is 33.7 Å². The first kappa shape index (κ1) is 20.5. The summed E-state index contributed by atoms with van der Waals surface area (Å²) in [6, 6.07) is 19.1. The number of amides is 1. The van der Waals surface area contributed by atoms with Gasteiger partial charge in [-0.05, 0) is 34.5 Å². The van der Waals surface area contributed by atoms with Crippen LogP contribution in [0.2, 0.25) is 10.0 Å². The molecular weight excluding hydrogens is 441 g/mol. The van der Waals surface area contributed by atoms with Crippen LogP contribution in [0.5, 0.6) is 0 Å². The number of anilines is 1. The lowest BCUT2D eigenvalue weighted by molar-refractivity contribution is -0.113. The van der Waals surface area contributed by atoms with E-state index in [1.165, 1.54) is 16.4 Å². The largest absolute Gasteiger partial charge is 0.336 e. The molecule has 0 radical (unpaired) electrons. The monoisotopic (exact) mass is 457 g/mol. The Morgan fingerprint density at radius 2 is 1.77 bits per heavy atom. The molecule has 0 saturated carbocycles. The number of halogens is 2. The van der Waals surface area contributed by atoms with Gasteiger partial charge in [0.05, 0.1) is 5.75 Å². The zero-order valence-corrected chi connectivity index (χ0v) is 18.0. The van der Waals surface area contributed by atoms with Crippen molar-refractivity contribution < 1.29 is 4.79 Å². The van der Waals surface area contributed by atoms with Crippen LogP contribution >= 0.6 is 35.0 Å². The smallest absolute Gasteiger partial charge is 0.234 e. The molecule has 6 nitrogen and oxygen atoms in total. The Morgan fingerprint density at radius 1 is 1.03 bits per heavy atom. The van der Waals surface area contributed by atoms with Crippen LogP contribution < -0.4 is 11.2 Å². The van der Waals surface area contributed by atoms with Crippen LogP contribution in [0.4, 0.5) is 5.69 Å². The van der Waals surface area contributed by atoms with Gasteiger partial charge in [0.1, 0.15) is 0 Å². The molecular formula is C21H17Cl2N5OS. The van der Waals surface area contributed by atoms with Gasteiger partial charge in [-0.3, -0.25) is 4.79 Å². The number of benzene rings is 3. The second kappa shape index (κ2) is 8.95. The van der Waals surface area contributed by atoms with Gasteiger partial charge in [-0.1, -0.05) is 77.4 Å². The van der Waals surface area contributed by atoms with Crippen LogP contribution in [0.25, 0.3) is 10.8 Å². The third kappa shape index (κ3) is 4.70. The standard InChI is InChI=1S/C21H17Cl2N5OS/c22-15-9-16(23)11-17(10-15)25-20(29)12-30-21-27-26-19(28(21)24)8-14-6-3-5-13-4-1-2-7-18(13)14/h1-7,9-11H,8,12,24H2,(H,25,29). The van der Waals surface area contributed by atoms with Gasteiger partial charge >= 0.3 is 0 Å². The maximum atomic E-state index is 12.2. The fourth-order valence-corrected chi connectivity index (χ4v) is 4.30. The van der Waals surface area contributed by atoms with E-state index in [1.54, 1.807) is 18.2 Å². The SMILES string of the molecule is Nn1c(Cc2cccc3ccccc23)nnc1SCC(=O)Nc1cc(Cl)cc(Cl)c1. The van der Waals surface area contributed by atoms with E-state index in [-0.39, 0.29) is 11.7 Å². The zero-order valence-electron chi connectivity index (χ0n) is 15.7. The number of aromatic nitrogens is 3. The summed E-state index contributed by atoms with van der Waals surface area (Å²) in [5.74, 6) is 6.69. The third-order valence-electron chi connectivity index (χ3n) is 4.44. The average Bonchev–Trinajstić information content (AvgIpc) is 3.05. The number of hydrogen-bond acceptors (Lipinski definition) is 5. The first-order chi connectivity index (χ1) is 14.5. The minimum absolute atomic E-state index is 0.119. The fourth-order valence-electron chi connectivity index (χ4n) is 3.10. The highest BCUT2D eigenvalue weighted by atomic mass is 35.5. The van der Waals surface area contributed by atoms with Crippen LogP contribution in [0.15, 0.2) is 65.8 Å². The summed E-state index contributed by atoms with van der Waals surface area (Å²) in [5, 5.41) is 14.8. The molecule has 0 aliphatic heterocycles.